The zero-order valence-electron chi connectivity index (χ0n) is 16.0. The first kappa shape index (κ1) is 18.7. The number of hydrogen-bond donors (Lipinski definition) is 0. The first-order valence-electron chi connectivity index (χ1n) is 9.48. The third-order valence-corrected chi connectivity index (χ3v) is 4.62. The normalized spacial score (nSPS) is 12.7. The number of pyridine rings is 1. The van der Waals surface area contributed by atoms with E-state index in [2.05, 4.69) is 40.5 Å². The van der Waals surface area contributed by atoms with Crippen LogP contribution in [0.5, 0.6) is 0 Å². The standard InChI is InChI=1S/C22H19N3.C2H6/c1-3-15-6-5-7-19(18(15)4-2)22-20(16-10-12-23-13-11-16)14-21(24-25-22)17-8-9-17;1-2/h3-7,10-14,17H,1-2,8-9H2;1-2H3. The van der Waals surface area contributed by atoms with Crippen LogP contribution in [-0.2, 0) is 0 Å². The molecule has 1 saturated carbocycles. The summed E-state index contributed by atoms with van der Waals surface area (Å²) in [6, 6.07) is 12.3. The largest absolute Gasteiger partial charge is 0.265 e. The van der Waals surface area contributed by atoms with Gasteiger partial charge < -0.3 is 0 Å². The molecule has 2 aromatic heterocycles. The fraction of sp³-hybridized carbons (Fsp3) is 0.208. The topological polar surface area (TPSA) is 38.7 Å². The van der Waals surface area contributed by atoms with E-state index >= 15 is 0 Å². The minimum absolute atomic E-state index is 0.556. The fourth-order valence-electron chi connectivity index (χ4n) is 3.13. The molecule has 2 heterocycles. The van der Waals surface area contributed by atoms with Gasteiger partial charge in [0.15, 0.2) is 0 Å². The van der Waals surface area contributed by atoms with Gasteiger partial charge in [0.05, 0.1) is 5.69 Å². The lowest BCUT2D eigenvalue weighted by molar-refractivity contribution is 0.916. The smallest absolute Gasteiger partial charge is 0.101 e. The molecule has 0 saturated heterocycles. The van der Waals surface area contributed by atoms with Gasteiger partial charge in [-0.15, -0.1) is 5.10 Å². The van der Waals surface area contributed by atoms with Gasteiger partial charge >= 0.3 is 0 Å². The van der Waals surface area contributed by atoms with Gasteiger partial charge in [-0.3, -0.25) is 4.98 Å². The van der Waals surface area contributed by atoms with Crippen molar-refractivity contribution in [3.63, 3.8) is 0 Å². The lowest BCUT2D eigenvalue weighted by Gasteiger charge is -2.14. The Hall–Kier alpha value is -3.07. The molecule has 3 nitrogen and oxygen atoms in total. The Balaban J connectivity index is 0.00000102. The van der Waals surface area contributed by atoms with Gasteiger partial charge in [0, 0.05) is 29.4 Å². The average molecular weight is 355 g/mol. The number of hydrogen-bond acceptors (Lipinski definition) is 3. The zero-order chi connectivity index (χ0) is 19.2. The Morgan fingerprint density at radius 3 is 2.30 bits per heavy atom. The molecule has 4 rings (SSSR count). The number of benzene rings is 1. The van der Waals surface area contributed by atoms with Crippen LogP contribution in [0.4, 0.5) is 0 Å². The molecule has 1 aliphatic carbocycles. The van der Waals surface area contributed by atoms with Gasteiger partial charge in [-0.2, -0.15) is 5.10 Å². The molecular formula is C24H25N3. The fourth-order valence-corrected chi connectivity index (χ4v) is 3.13. The molecule has 0 unspecified atom stereocenters. The third kappa shape index (κ3) is 3.87. The van der Waals surface area contributed by atoms with Gasteiger partial charge in [0.25, 0.3) is 0 Å². The predicted octanol–water partition coefficient (Wildman–Crippen LogP) is 6.40. The van der Waals surface area contributed by atoms with E-state index in [9.17, 15) is 0 Å². The monoisotopic (exact) mass is 355 g/mol. The average Bonchev–Trinajstić information content (AvgIpc) is 3.60. The van der Waals surface area contributed by atoms with E-state index in [0.717, 1.165) is 39.2 Å². The summed E-state index contributed by atoms with van der Waals surface area (Å²) in [5.74, 6) is 0.556. The summed E-state index contributed by atoms with van der Waals surface area (Å²) in [5.41, 5.74) is 7.23. The highest BCUT2D eigenvalue weighted by Gasteiger charge is 2.27. The zero-order valence-corrected chi connectivity index (χ0v) is 16.0. The molecule has 0 radical (unpaired) electrons. The molecule has 1 fully saturated rings. The van der Waals surface area contributed by atoms with Crippen molar-refractivity contribution in [2.45, 2.75) is 32.6 Å². The summed E-state index contributed by atoms with van der Waals surface area (Å²) in [6.07, 6.45) is 9.73. The molecule has 0 aliphatic heterocycles. The van der Waals surface area contributed by atoms with Crippen molar-refractivity contribution in [3.05, 3.63) is 78.8 Å². The second-order valence-corrected chi connectivity index (χ2v) is 6.26. The number of rotatable bonds is 5. The Kier molecular flexibility index (Phi) is 5.92. The molecule has 0 N–H and O–H groups in total. The third-order valence-electron chi connectivity index (χ3n) is 4.62. The predicted molar refractivity (Wildman–Crippen MR) is 114 cm³/mol. The van der Waals surface area contributed by atoms with Crippen molar-refractivity contribution in [3.8, 4) is 22.4 Å². The van der Waals surface area contributed by atoms with Crippen LogP contribution in [0.2, 0.25) is 0 Å². The molecule has 1 aromatic carbocycles. The maximum atomic E-state index is 4.62. The van der Waals surface area contributed by atoms with Gasteiger partial charge in [0.1, 0.15) is 5.69 Å². The molecule has 1 aliphatic rings. The van der Waals surface area contributed by atoms with E-state index in [4.69, 9.17) is 0 Å². The molecule has 136 valence electrons. The van der Waals surface area contributed by atoms with E-state index in [1.54, 1.807) is 0 Å². The van der Waals surface area contributed by atoms with Crippen LogP contribution in [0, 0.1) is 0 Å². The highest BCUT2D eigenvalue weighted by Crippen LogP contribution is 2.42. The van der Waals surface area contributed by atoms with Crippen molar-refractivity contribution < 1.29 is 0 Å². The number of nitrogens with zero attached hydrogens (tertiary/aromatic N) is 3. The minimum Gasteiger partial charge on any atom is -0.265 e. The van der Waals surface area contributed by atoms with E-state index in [-0.39, 0.29) is 0 Å². The van der Waals surface area contributed by atoms with Crippen molar-refractivity contribution in [1.29, 1.82) is 0 Å². The lowest BCUT2D eigenvalue weighted by atomic mass is 9.93. The SMILES string of the molecule is C=Cc1cccc(-c2nnc(C3CC3)cc2-c2ccncc2)c1C=C.CC. The molecule has 0 atom stereocenters. The quantitative estimate of drug-likeness (QED) is 0.532. The molecular weight excluding hydrogens is 330 g/mol. The van der Waals surface area contributed by atoms with Crippen LogP contribution in [0.3, 0.4) is 0 Å². The molecule has 3 aromatic rings. The van der Waals surface area contributed by atoms with Gasteiger partial charge in [-0.1, -0.05) is 57.4 Å². The first-order valence-corrected chi connectivity index (χ1v) is 9.48. The summed E-state index contributed by atoms with van der Waals surface area (Å²) in [5, 5.41) is 9.13. The van der Waals surface area contributed by atoms with Gasteiger partial charge in [-0.05, 0) is 47.7 Å². The second-order valence-electron chi connectivity index (χ2n) is 6.26. The lowest BCUT2D eigenvalue weighted by Crippen LogP contribution is -1.99. The molecule has 0 spiro atoms. The van der Waals surface area contributed by atoms with Crippen LogP contribution >= 0.6 is 0 Å². The first-order chi connectivity index (χ1) is 13.3. The van der Waals surface area contributed by atoms with E-state index in [1.165, 1.54) is 12.8 Å². The maximum Gasteiger partial charge on any atom is 0.101 e. The van der Waals surface area contributed by atoms with Gasteiger partial charge in [0.2, 0.25) is 0 Å². The van der Waals surface area contributed by atoms with Crippen molar-refractivity contribution in [2.24, 2.45) is 0 Å². The minimum atomic E-state index is 0.556. The van der Waals surface area contributed by atoms with E-state index in [1.807, 2.05) is 62.7 Å². The molecule has 27 heavy (non-hydrogen) atoms. The van der Waals surface area contributed by atoms with Crippen LogP contribution in [-0.4, -0.2) is 15.2 Å². The summed E-state index contributed by atoms with van der Waals surface area (Å²) < 4.78 is 0. The summed E-state index contributed by atoms with van der Waals surface area (Å²) in [4.78, 5) is 4.14. The van der Waals surface area contributed by atoms with Crippen LogP contribution < -0.4 is 0 Å². The highest BCUT2D eigenvalue weighted by molar-refractivity contribution is 5.87. The Morgan fingerprint density at radius 1 is 0.926 bits per heavy atom. The Labute approximate surface area is 161 Å². The molecule has 3 heteroatoms. The molecule has 0 bridgehead atoms. The van der Waals surface area contributed by atoms with Crippen LogP contribution in [0.1, 0.15) is 49.4 Å². The van der Waals surface area contributed by atoms with Crippen molar-refractivity contribution in [1.82, 2.24) is 15.2 Å². The Bertz CT molecular complexity index is 941. The maximum absolute atomic E-state index is 4.62. The van der Waals surface area contributed by atoms with E-state index in [0.29, 0.717) is 5.92 Å². The second kappa shape index (κ2) is 8.54. The van der Waals surface area contributed by atoms with Gasteiger partial charge in [-0.25, -0.2) is 0 Å². The molecule has 0 amide bonds. The number of aromatic nitrogens is 3. The summed E-state index contributed by atoms with van der Waals surface area (Å²) >= 11 is 0. The summed E-state index contributed by atoms with van der Waals surface area (Å²) in [7, 11) is 0. The van der Waals surface area contributed by atoms with E-state index < -0.39 is 0 Å². The van der Waals surface area contributed by atoms with Crippen LogP contribution in [0.15, 0.2) is 61.9 Å². The highest BCUT2D eigenvalue weighted by atomic mass is 15.1. The van der Waals surface area contributed by atoms with Crippen molar-refractivity contribution in [2.75, 3.05) is 0 Å². The van der Waals surface area contributed by atoms with Crippen LogP contribution in [0.25, 0.3) is 34.5 Å². The Morgan fingerprint density at radius 2 is 1.67 bits per heavy atom. The summed E-state index contributed by atoms with van der Waals surface area (Å²) in [6.45, 7) is 11.9. The van der Waals surface area contributed by atoms with Crippen molar-refractivity contribution >= 4 is 12.2 Å².